The van der Waals surface area contributed by atoms with E-state index in [1.165, 1.54) is 10.4 Å². The first-order valence-electron chi connectivity index (χ1n) is 9.47. The zero-order valence-electron chi connectivity index (χ0n) is 17.1. The molecule has 3 rings (SSSR count). The highest BCUT2D eigenvalue weighted by atomic mass is 32.1. The normalized spacial score (nSPS) is 10.6. The molecule has 154 valence electrons. The number of rotatable bonds is 11. The zero-order chi connectivity index (χ0) is 20.5. The molecule has 0 unspecified atom stereocenters. The first-order valence-corrected chi connectivity index (χ1v) is 10.3. The van der Waals surface area contributed by atoms with Crippen molar-refractivity contribution in [1.82, 2.24) is 5.32 Å². The topological polar surface area (TPSA) is 49.0 Å². The molecule has 1 aromatic heterocycles. The van der Waals surface area contributed by atoms with Crippen LogP contribution in [0.5, 0.6) is 23.0 Å². The SMILES string of the molecule is COc1ccc(CCNCc2ccc(OCc3cccs3)c(OC)c2)cc1OC. The van der Waals surface area contributed by atoms with Crippen LogP contribution in [-0.2, 0) is 19.6 Å². The molecule has 0 saturated carbocycles. The molecule has 1 heterocycles. The third-order valence-electron chi connectivity index (χ3n) is 4.55. The van der Waals surface area contributed by atoms with Gasteiger partial charge in [-0.2, -0.15) is 0 Å². The van der Waals surface area contributed by atoms with Gasteiger partial charge in [0.15, 0.2) is 23.0 Å². The highest BCUT2D eigenvalue weighted by Crippen LogP contribution is 2.29. The lowest BCUT2D eigenvalue weighted by atomic mass is 10.1. The highest BCUT2D eigenvalue weighted by molar-refractivity contribution is 7.09. The Bertz CT molecular complexity index is 896. The van der Waals surface area contributed by atoms with Crippen LogP contribution < -0.4 is 24.3 Å². The molecule has 0 fully saturated rings. The standard InChI is InChI=1S/C23H27NO4S/c1-25-20-8-6-17(13-22(20)26-2)10-11-24-15-18-7-9-21(23(14-18)27-3)28-16-19-5-4-12-29-19/h4-9,12-14,24H,10-11,15-16H2,1-3H3. The van der Waals surface area contributed by atoms with Crippen molar-refractivity contribution in [1.29, 1.82) is 0 Å². The van der Waals surface area contributed by atoms with Gasteiger partial charge in [-0.15, -0.1) is 11.3 Å². The van der Waals surface area contributed by atoms with Crippen molar-refractivity contribution in [2.24, 2.45) is 0 Å². The van der Waals surface area contributed by atoms with Gasteiger partial charge in [0, 0.05) is 11.4 Å². The van der Waals surface area contributed by atoms with Gasteiger partial charge < -0.3 is 24.3 Å². The van der Waals surface area contributed by atoms with E-state index in [0.717, 1.165) is 48.1 Å². The smallest absolute Gasteiger partial charge is 0.161 e. The fourth-order valence-electron chi connectivity index (χ4n) is 2.99. The van der Waals surface area contributed by atoms with Crippen molar-refractivity contribution < 1.29 is 18.9 Å². The number of ether oxygens (including phenoxy) is 4. The van der Waals surface area contributed by atoms with Crippen molar-refractivity contribution in [3.8, 4) is 23.0 Å². The molecule has 6 heteroatoms. The van der Waals surface area contributed by atoms with Gasteiger partial charge in [0.1, 0.15) is 6.61 Å². The molecule has 0 radical (unpaired) electrons. The average Bonchev–Trinajstić information content (AvgIpc) is 3.29. The van der Waals surface area contributed by atoms with Crippen LogP contribution in [0.25, 0.3) is 0 Å². The first-order chi connectivity index (χ1) is 14.2. The average molecular weight is 414 g/mol. The lowest BCUT2D eigenvalue weighted by Crippen LogP contribution is -2.16. The van der Waals surface area contributed by atoms with E-state index in [4.69, 9.17) is 18.9 Å². The Labute approximate surface area is 176 Å². The Kier molecular flexibility index (Phi) is 7.78. The summed E-state index contributed by atoms with van der Waals surface area (Å²) in [5.74, 6) is 3.02. The lowest BCUT2D eigenvalue weighted by molar-refractivity contribution is 0.287. The van der Waals surface area contributed by atoms with Crippen molar-refractivity contribution in [2.75, 3.05) is 27.9 Å². The second-order valence-corrected chi connectivity index (χ2v) is 7.50. The highest BCUT2D eigenvalue weighted by Gasteiger charge is 2.07. The molecule has 0 aliphatic rings. The summed E-state index contributed by atoms with van der Waals surface area (Å²) >= 11 is 1.68. The molecule has 0 saturated heterocycles. The molecular formula is C23H27NO4S. The molecule has 0 spiro atoms. The second kappa shape index (κ2) is 10.7. The second-order valence-electron chi connectivity index (χ2n) is 6.47. The summed E-state index contributed by atoms with van der Waals surface area (Å²) in [6, 6.07) is 16.2. The maximum atomic E-state index is 5.89. The molecule has 3 aromatic rings. The Hall–Kier alpha value is -2.70. The van der Waals surface area contributed by atoms with E-state index in [1.807, 2.05) is 35.7 Å². The van der Waals surface area contributed by atoms with Gasteiger partial charge in [-0.05, 0) is 59.8 Å². The quantitative estimate of drug-likeness (QED) is 0.462. The van der Waals surface area contributed by atoms with Gasteiger partial charge in [0.05, 0.1) is 21.3 Å². The van der Waals surface area contributed by atoms with Gasteiger partial charge in [-0.3, -0.25) is 0 Å². The van der Waals surface area contributed by atoms with Crippen LogP contribution in [0.1, 0.15) is 16.0 Å². The van der Waals surface area contributed by atoms with Crippen LogP contribution in [0, 0.1) is 0 Å². The summed E-state index contributed by atoms with van der Waals surface area (Å²) in [6.45, 7) is 2.17. The third kappa shape index (κ3) is 5.89. The Morgan fingerprint density at radius 2 is 1.48 bits per heavy atom. The van der Waals surface area contributed by atoms with Gasteiger partial charge >= 0.3 is 0 Å². The number of hydrogen-bond donors (Lipinski definition) is 1. The van der Waals surface area contributed by atoms with E-state index >= 15 is 0 Å². The maximum absolute atomic E-state index is 5.89. The largest absolute Gasteiger partial charge is 0.493 e. The maximum Gasteiger partial charge on any atom is 0.161 e. The van der Waals surface area contributed by atoms with Crippen molar-refractivity contribution in [3.05, 3.63) is 69.9 Å². The zero-order valence-corrected chi connectivity index (χ0v) is 17.9. The van der Waals surface area contributed by atoms with Crippen LogP contribution in [0.3, 0.4) is 0 Å². The monoisotopic (exact) mass is 413 g/mol. The van der Waals surface area contributed by atoms with Crippen LogP contribution >= 0.6 is 11.3 Å². The summed E-state index contributed by atoms with van der Waals surface area (Å²) < 4.78 is 22.0. The summed E-state index contributed by atoms with van der Waals surface area (Å²) in [5.41, 5.74) is 2.35. The molecular weight excluding hydrogens is 386 g/mol. The molecule has 1 N–H and O–H groups in total. The number of hydrogen-bond acceptors (Lipinski definition) is 6. The fraction of sp³-hybridized carbons (Fsp3) is 0.304. The van der Waals surface area contributed by atoms with Gasteiger partial charge in [-0.1, -0.05) is 18.2 Å². The van der Waals surface area contributed by atoms with Crippen molar-refractivity contribution >= 4 is 11.3 Å². The predicted octanol–water partition coefficient (Wildman–Crippen LogP) is 4.69. The number of methoxy groups -OCH3 is 3. The molecule has 0 bridgehead atoms. The Balaban J connectivity index is 1.50. The van der Waals surface area contributed by atoms with Crippen LogP contribution in [0.4, 0.5) is 0 Å². The van der Waals surface area contributed by atoms with E-state index in [2.05, 4.69) is 23.5 Å². The minimum atomic E-state index is 0.553. The van der Waals surface area contributed by atoms with Crippen molar-refractivity contribution in [2.45, 2.75) is 19.6 Å². The Morgan fingerprint density at radius 3 is 2.21 bits per heavy atom. The van der Waals surface area contributed by atoms with Crippen LogP contribution in [-0.4, -0.2) is 27.9 Å². The Morgan fingerprint density at radius 1 is 0.793 bits per heavy atom. The molecule has 0 aliphatic heterocycles. The summed E-state index contributed by atoms with van der Waals surface area (Å²) in [4.78, 5) is 1.19. The summed E-state index contributed by atoms with van der Waals surface area (Å²) in [5, 5.41) is 5.52. The van der Waals surface area contributed by atoms with Gasteiger partial charge in [0.2, 0.25) is 0 Å². The summed E-state index contributed by atoms with van der Waals surface area (Å²) in [6.07, 6.45) is 0.902. The van der Waals surface area contributed by atoms with Crippen molar-refractivity contribution in [3.63, 3.8) is 0 Å². The molecule has 2 aromatic carbocycles. The van der Waals surface area contributed by atoms with E-state index < -0.39 is 0 Å². The summed E-state index contributed by atoms with van der Waals surface area (Å²) in [7, 11) is 4.97. The van der Waals surface area contributed by atoms with Crippen LogP contribution in [0.15, 0.2) is 53.9 Å². The molecule has 0 aliphatic carbocycles. The number of nitrogens with one attached hydrogen (secondary N) is 1. The number of thiophene rings is 1. The van der Waals surface area contributed by atoms with Gasteiger partial charge in [-0.25, -0.2) is 0 Å². The molecule has 5 nitrogen and oxygen atoms in total. The third-order valence-corrected chi connectivity index (χ3v) is 5.40. The van der Waals surface area contributed by atoms with E-state index in [9.17, 15) is 0 Å². The van der Waals surface area contributed by atoms with Gasteiger partial charge in [0.25, 0.3) is 0 Å². The minimum Gasteiger partial charge on any atom is -0.493 e. The predicted molar refractivity (Wildman–Crippen MR) is 117 cm³/mol. The molecule has 0 atom stereocenters. The fourth-order valence-corrected chi connectivity index (χ4v) is 3.60. The minimum absolute atomic E-state index is 0.553. The van der Waals surface area contributed by atoms with E-state index in [-0.39, 0.29) is 0 Å². The lowest BCUT2D eigenvalue weighted by Gasteiger charge is -2.13. The van der Waals surface area contributed by atoms with E-state index in [0.29, 0.717) is 6.61 Å². The number of benzene rings is 2. The van der Waals surface area contributed by atoms with E-state index in [1.54, 1.807) is 32.7 Å². The van der Waals surface area contributed by atoms with Crippen LogP contribution in [0.2, 0.25) is 0 Å². The first kappa shape index (κ1) is 21.0. The molecule has 0 amide bonds. The molecule has 29 heavy (non-hydrogen) atoms.